The van der Waals surface area contributed by atoms with Crippen molar-refractivity contribution in [1.29, 1.82) is 0 Å². The summed E-state index contributed by atoms with van der Waals surface area (Å²) in [6.45, 7) is 2.21. The maximum absolute atomic E-state index is 10.2. The maximum Gasteiger partial charge on any atom is 0.240 e. The van der Waals surface area contributed by atoms with E-state index in [4.69, 9.17) is 0 Å². The fourth-order valence-corrected chi connectivity index (χ4v) is 2.22. The molecule has 2 rings (SSSR count). The molecule has 16 heavy (non-hydrogen) atoms. The second-order valence-electron chi connectivity index (χ2n) is 4.28. The molecule has 0 aromatic carbocycles. The molecule has 0 bridgehead atoms. The summed E-state index contributed by atoms with van der Waals surface area (Å²) in [5.41, 5.74) is 1.77. The van der Waals surface area contributed by atoms with Crippen LogP contribution in [-0.2, 0) is 4.79 Å². The topological polar surface area (TPSA) is 45.6 Å². The van der Waals surface area contributed by atoms with Gasteiger partial charge >= 0.3 is 0 Å². The molecule has 2 heterocycles. The maximum atomic E-state index is 10.2. The Morgan fingerprint density at radius 3 is 3.19 bits per heavy atom. The van der Waals surface area contributed by atoms with Gasteiger partial charge in [0.2, 0.25) is 6.08 Å². The van der Waals surface area contributed by atoms with Crippen LogP contribution in [0.5, 0.6) is 0 Å². The summed E-state index contributed by atoms with van der Waals surface area (Å²) < 4.78 is 0. The second-order valence-corrected chi connectivity index (χ2v) is 4.28. The largest absolute Gasteiger partial charge is 0.306 e. The first kappa shape index (κ1) is 11.0. The molecule has 84 valence electrons. The van der Waals surface area contributed by atoms with E-state index in [0.29, 0.717) is 11.6 Å². The minimum Gasteiger partial charge on any atom is -0.306 e. The summed E-state index contributed by atoms with van der Waals surface area (Å²) >= 11 is 0. The molecule has 4 nitrogen and oxygen atoms in total. The van der Waals surface area contributed by atoms with Crippen molar-refractivity contribution >= 4 is 11.8 Å². The smallest absolute Gasteiger partial charge is 0.240 e. The molecular formula is C12H15N3O. The van der Waals surface area contributed by atoms with Gasteiger partial charge in [0.15, 0.2) is 0 Å². The number of likely N-dealkylation sites (N-methyl/N-ethyl adjacent to an activating group) is 1. The lowest BCUT2D eigenvalue weighted by Crippen LogP contribution is -2.30. The predicted octanol–water partition coefficient (Wildman–Crippen LogP) is 1.86. The Kier molecular flexibility index (Phi) is 3.44. The molecule has 0 aliphatic carbocycles. The van der Waals surface area contributed by atoms with Crippen molar-refractivity contribution in [2.45, 2.75) is 18.8 Å². The van der Waals surface area contributed by atoms with E-state index in [0.717, 1.165) is 13.1 Å². The van der Waals surface area contributed by atoms with Crippen LogP contribution in [0.25, 0.3) is 0 Å². The predicted molar refractivity (Wildman–Crippen MR) is 61.5 cm³/mol. The van der Waals surface area contributed by atoms with Crippen molar-refractivity contribution in [3.8, 4) is 0 Å². The van der Waals surface area contributed by atoms with Crippen LogP contribution in [0, 0.1) is 0 Å². The molecule has 0 spiro atoms. The number of piperidine rings is 1. The van der Waals surface area contributed by atoms with Crippen molar-refractivity contribution in [1.82, 2.24) is 9.88 Å². The number of pyridine rings is 1. The summed E-state index contributed by atoms with van der Waals surface area (Å²) in [5.74, 6) is 0.507. The molecular weight excluding hydrogens is 202 g/mol. The van der Waals surface area contributed by atoms with E-state index in [-0.39, 0.29) is 0 Å². The second kappa shape index (κ2) is 5.01. The molecule has 1 saturated heterocycles. The van der Waals surface area contributed by atoms with Crippen LogP contribution in [0.1, 0.15) is 24.3 Å². The third-order valence-electron chi connectivity index (χ3n) is 3.02. The molecule has 1 aromatic heterocycles. The normalized spacial score (nSPS) is 21.4. The zero-order chi connectivity index (χ0) is 11.4. The number of hydrogen-bond donors (Lipinski definition) is 0. The Hall–Kier alpha value is -1.51. The molecule has 0 saturated carbocycles. The molecule has 1 aliphatic heterocycles. The molecule has 1 aliphatic rings. The first-order valence-electron chi connectivity index (χ1n) is 5.51. The van der Waals surface area contributed by atoms with Gasteiger partial charge in [-0.3, -0.25) is 4.98 Å². The van der Waals surface area contributed by atoms with Gasteiger partial charge in [-0.05, 0) is 44.0 Å². The molecule has 4 heteroatoms. The number of likely N-dealkylation sites (tertiary alicyclic amines) is 1. The average molecular weight is 217 g/mol. The zero-order valence-corrected chi connectivity index (χ0v) is 9.39. The summed E-state index contributed by atoms with van der Waals surface area (Å²) in [7, 11) is 2.13. The number of aliphatic imine (C=N–C) groups is 1. The molecule has 1 fully saturated rings. The summed E-state index contributed by atoms with van der Waals surface area (Å²) in [5, 5.41) is 0. The van der Waals surface area contributed by atoms with Gasteiger partial charge in [0.05, 0.1) is 11.9 Å². The average Bonchev–Trinajstić information content (AvgIpc) is 2.30. The van der Waals surface area contributed by atoms with Crippen LogP contribution < -0.4 is 0 Å². The van der Waals surface area contributed by atoms with Crippen LogP contribution in [0.4, 0.5) is 5.69 Å². The van der Waals surface area contributed by atoms with Crippen LogP contribution in [0.2, 0.25) is 0 Å². The van der Waals surface area contributed by atoms with Gasteiger partial charge in [-0.1, -0.05) is 0 Å². The lowest BCUT2D eigenvalue weighted by atomic mass is 9.92. The molecule has 1 atom stereocenters. The van der Waals surface area contributed by atoms with Gasteiger partial charge in [-0.15, -0.1) is 0 Å². The quantitative estimate of drug-likeness (QED) is 0.561. The van der Waals surface area contributed by atoms with Gasteiger partial charge in [0, 0.05) is 12.7 Å². The minimum atomic E-state index is 0.507. The molecule has 0 N–H and O–H groups in total. The third-order valence-corrected chi connectivity index (χ3v) is 3.02. The Bertz CT molecular complexity index is 412. The number of nitrogens with zero attached hydrogens (tertiary/aromatic N) is 3. The number of rotatable bonds is 2. The van der Waals surface area contributed by atoms with Gasteiger partial charge < -0.3 is 4.90 Å². The van der Waals surface area contributed by atoms with Crippen LogP contribution in [-0.4, -0.2) is 36.1 Å². The standard InChI is InChI=1S/C12H15N3O/c1-15-4-2-3-10(8-15)11-5-12(14-9-16)7-13-6-11/h5-7,10H,2-4,8H2,1H3. The highest BCUT2D eigenvalue weighted by molar-refractivity contribution is 5.48. The van der Waals surface area contributed by atoms with Crippen molar-refractivity contribution < 1.29 is 4.79 Å². The highest BCUT2D eigenvalue weighted by Gasteiger charge is 2.19. The fourth-order valence-electron chi connectivity index (χ4n) is 2.22. The van der Waals surface area contributed by atoms with E-state index in [1.165, 1.54) is 18.4 Å². The number of hydrogen-bond acceptors (Lipinski definition) is 4. The Balaban J connectivity index is 2.19. The van der Waals surface area contributed by atoms with Gasteiger partial charge in [0.1, 0.15) is 0 Å². The highest BCUT2D eigenvalue weighted by atomic mass is 16.1. The van der Waals surface area contributed by atoms with Gasteiger partial charge in [-0.2, -0.15) is 4.99 Å². The van der Waals surface area contributed by atoms with Crippen LogP contribution in [0.15, 0.2) is 23.5 Å². The van der Waals surface area contributed by atoms with E-state index in [9.17, 15) is 4.79 Å². The van der Waals surface area contributed by atoms with E-state index >= 15 is 0 Å². The highest BCUT2D eigenvalue weighted by Crippen LogP contribution is 2.27. The Labute approximate surface area is 95.0 Å². The first-order chi connectivity index (χ1) is 7.79. The van der Waals surface area contributed by atoms with E-state index in [1.54, 1.807) is 12.3 Å². The summed E-state index contributed by atoms with van der Waals surface area (Å²) in [4.78, 5) is 20.2. The molecule has 1 unspecified atom stereocenters. The van der Waals surface area contributed by atoms with Crippen LogP contribution in [0.3, 0.4) is 0 Å². The number of isocyanates is 1. The Morgan fingerprint density at radius 2 is 2.44 bits per heavy atom. The van der Waals surface area contributed by atoms with E-state index < -0.39 is 0 Å². The lowest BCUT2D eigenvalue weighted by Gasteiger charge is -2.29. The van der Waals surface area contributed by atoms with Gasteiger partial charge in [0.25, 0.3) is 0 Å². The van der Waals surface area contributed by atoms with Crippen molar-refractivity contribution in [2.24, 2.45) is 4.99 Å². The number of aromatic nitrogens is 1. The lowest BCUT2D eigenvalue weighted by molar-refractivity contribution is 0.250. The SMILES string of the molecule is CN1CCCC(c2cncc(N=C=O)c2)C1. The van der Waals surface area contributed by atoms with Gasteiger partial charge in [-0.25, -0.2) is 4.79 Å². The molecule has 1 aromatic rings. The monoisotopic (exact) mass is 217 g/mol. The zero-order valence-electron chi connectivity index (χ0n) is 9.39. The Morgan fingerprint density at radius 1 is 1.56 bits per heavy atom. The fraction of sp³-hybridized carbons (Fsp3) is 0.500. The van der Waals surface area contributed by atoms with Crippen LogP contribution >= 0.6 is 0 Å². The molecule has 0 amide bonds. The third kappa shape index (κ3) is 2.54. The number of carbonyl (C=O) groups excluding carboxylic acids is 1. The molecule has 0 radical (unpaired) electrons. The summed E-state index contributed by atoms with van der Waals surface area (Å²) in [6.07, 6.45) is 7.39. The van der Waals surface area contributed by atoms with E-state index in [2.05, 4.69) is 21.9 Å². The summed E-state index contributed by atoms with van der Waals surface area (Å²) in [6, 6.07) is 1.93. The first-order valence-corrected chi connectivity index (χ1v) is 5.51. The van der Waals surface area contributed by atoms with E-state index in [1.807, 2.05) is 12.3 Å². The van der Waals surface area contributed by atoms with Crippen molar-refractivity contribution in [3.63, 3.8) is 0 Å². The minimum absolute atomic E-state index is 0.507. The van der Waals surface area contributed by atoms with Crippen molar-refractivity contribution in [2.75, 3.05) is 20.1 Å². The van der Waals surface area contributed by atoms with Crippen molar-refractivity contribution in [3.05, 3.63) is 24.0 Å².